The minimum absolute atomic E-state index is 0.248. The molecule has 0 fully saturated rings. The Morgan fingerprint density at radius 3 is 2.32 bits per heavy atom. The summed E-state index contributed by atoms with van der Waals surface area (Å²) in [4.78, 5) is 12.7. The molecular formula is C21H18BrN5O. The molecule has 4 rings (SSSR count). The van der Waals surface area contributed by atoms with E-state index in [2.05, 4.69) is 36.5 Å². The summed E-state index contributed by atoms with van der Waals surface area (Å²) >= 11 is 3.45. The van der Waals surface area contributed by atoms with Gasteiger partial charge in [0.15, 0.2) is 11.3 Å². The number of halogens is 1. The lowest BCUT2D eigenvalue weighted by atomic mass is 10.1. The number of fused-ring (bicyclic) bond motifs is 1. The fourth-order valence-electron chi connectivity index (χ4n) is 3.10. The molecule has 0 saturated carbocycles. The molecule has 0 aliphatic heterocycles. The minimum atomic E-state index is -0.311. The predicted molar refractivity (Wildman–Crippen MR) is 113 cm³/mol. The second-order valence-corrected chi connectivity index (χ2v) is 7.57. The maximum absolute atomic E-state index is 12.7. The summed E-state index contributed by atoms with van der Waals surface area (Å²) in [5, 5.41) is 16.0. The number of nitrogens with zero attached hydrogens (tertiary/aromatic N) is 4. The Labute approximate surface area is 170 Å². The van der Waals surface area contributed by atoms with Crippen molar-refractivity contribution in [2.75, 3.05) is 5.32 Å². The second-order valence-electron chi connectivity index (χ2n) is 6.66. The zero-order valence-electron chi connectivity index (χ0n) is 15.7. The van der Waals surface area contributed by atoms with E-state index in [-0.39, 0.29) is 11.6 Å². The highest BCUT2D eigenvalue weighted by Gasteiger charge is 2.20. The SMILES string of the molecule is Cc1ccc(NC(=O)c2nnc3c(-c4ccc(Br)cc4)c(C)nn3c2C)cc1. The third kappa shape index (κ3) is 3.29. The van der Waals surface area contributed by atoms with Gasteiger partial charge in [-0.15, -0.1) is 10.2 Å². The number of hydrogen-bond acceptors (Lipinski definition) is 4. The lowest BCUT2D eigenvalue weighted by Crippen LogP contribution is -2.18. The van der Waals surface area contributed by atoms with Crippen molar-refractivity contribution in [3.63, 3.8) is 0 Å². The standard InChI is InChI=1S/C21H18BrN5O/c1-12-4-10-17(11-5-12)23-21(28)19-14(3)27-20(25-24-19)18(13(2)26-27)15-6-8-16(22)9-7-15/h4-11H,1-3H3,(H,23,28). The van der Waals surface area contributed by atoms with Gasteiger partial charge in [-0.25, -0.2) is 4.52 Å². The van der Waals surface area contributed by atoms with Gasteiger partial charge in [0.2, 0.25) is 0 Å². The van der Waals surface area contributed by atoms with Crippen molar-refractivity contribution in [3.05, 3.63) is 75.6 Å². The molecule has 0 radical (unpaired) electrons. The molecule has 28 heavy (non-hydrogen) atoms. The van der Waals surface area contributed by atoms with Crippen LogP contribution in [0, 0.1) is 20.8 Å². The molecule has 0 bridgehead atoms. The number of carbonyl (C=O) groups is 1. The molecule has 0 aliphatic rings. The molecule has 0 atom stereocenters. The Hall–Kier alpha value is -3.06. The monoisotopic (exact) mass is 435 g/mol. The van der Waals surface area contributed by atoms with Crippen LogP contribution in [0.15, 0.2) is 53.0 Å². The number of carbonyl (C=O) groups excluding carboxylic acids is 1. The van der Waals surface area contributed by atoms with E-state index < -0.39 is 0 Å². The van der Waals surface area contributed by atoms with Gasteiger partial charge in [0, 0.05) is 10.2 Å². The first kappa shape index (κ1) is 18.3. The zero-order chi connectivity index (χ0) is 19.8. The molecule has 1 amide bonds. The third-order valence-corrected chi connectivity index (χ3v) is 5.13. The van der Waals surface area contributed by atoms with E-state index in [4.69, 9.17) is 0 Å². The van der Waals surface area contributed by atoms with Gasteiger partial charge < -0.3 is 5.32 Å². The van der Waals surface area contributed by atoms with E-state index in [9.17, 15) is 4.79 Å². The zero-order valence-corrected chi connectivity index (χ0v) is 17.3. The number of hydrogen-bond donors (Lipinski definition) is 1. The summed E-state index contributed by atoms with van der Waals surface area (Å²) in [6.07, 6.45) is 0. The smallest absolute Gasteiger partial charge is 0.278 e. The largest absolute Gasteiger partial charge is 0.321 e. The van der Waals surface area contributed by atoms with Crippen LogP contribution in [0.4, 0.5) is 5.69 Å². The maximum atomic E-state index is 12.7. The van der Waals surface area contributed by atoms with E-state index >= 15 is 0 Å². The van der Waals surface area contributed by atoms with Crippen LogP contribution in [-0.2, 0) is 0 Å². The molecule has 2 heterocycles. The van der Waals surface area contributed by atoms with Gasteiger partial charge in [0.05, 0.1) is 17.0 Å². The van der Waals surface area contributed by atoms with Crippen molar-refractivity contribution < 1.29 is 4.79 Å². The molecule has 7 heteroatoms. The van der Waals surface area contributed by atoms with Crippen LogP contribution in [0.25, 0.3) is 16.8 Å². The summed E-state index contributed by atoms with van der Waals surface area (Å²) in [6, 6.07) is 15.6. The Morgan fingerprint density at radius 1 is 0.964 bits per heavy atom. The average molecular weight is 436 g/mol. The van der Waals surface area contributed by atoms with Gasteiger partial charge in [0.25, 0.3) is 5.91 Å². The molecule has 1 N–H and O–H groups in total. The van der Waals surface area contributed by atoms with Gasteiger partial charge in [-0.1, -0.05) is 45.8 Å². The van der Waals surface area contributed by atoms with E-state index in [1.54, 1.807) is 4.52 Å². The van der Waals surface area contributed by atoms with Gasteiger partial charge in [-0.05, 0) is 50.6 Å². The lowest BCUT2D eigenvalue weighted by Gasteiger charge is -2.08. The van der Waals surface area contributed by atoms with Crippen molar-refractivity contribution in [2.45, 2.75) is 20.8 Å². The Kier molecular flexibility index (Phi) is 4.68. The van der Waals surface area contributed by atoms with Gasteiger partial charge >= 0.3 is 0 Å². The number of benzene rings is 2. The van der Waals surface area contributed by atoms with Crippen molar-refractivity contribution in [3.8, 4) is 11.1 Å². The van der Waals surface area contributed by atoms with Crippen LogP contribution in [0.5, 0.6) is 0 Å². The summed E-state index contributed by atoms with van der Waals surface area (Å²) in [6.45, 7) is 5.75. The summed E-state index contributed by atoms with van der Waals surface area (Å²) < 4.78 is 2.69. The van der Waals surface area contributed by atoms with Gasteiger partial charge in [0.1, 0.15) is 0 Å². The first-order chi connectivity index (χ1) is 13.4. The Bertz CT molecular complexity index is 1180. The van der Waals surface area contributed by atoms with Crippen molar-refractivity contribution >= 4 is 33.2 Å². The molecule has 140 valence electrons. The normalized spacial score (nSPS) is 11.0. The van der Waals surface area contributed by atoms with Crippen molar-refractivity contribution in [1.29, 1.82) is 0 Å². The first-order valence-corrected chi connectivity index (χ1v) is 9.60. The van der Waals surface area contributed by atoms with E-state index in [1.165, 1.54) is 0 Å². The fraction of sp³-hybridized carbons (Fsp3) is 0.143. The highest BCUT2D eigenvalue weighted by molar-refractivity contribution is 9.10. The van der Waals surface area contributed by atoms with Crippen LogP contribution >= 0.6 is 15.9 Å². The molecule has 2 aromatic heterocycles. The Morgan fingerprint density at radius 2 is 1.64 bits per heavy atom. The van der Waals surface area contributed by atoms with Crippen molar-refractivity contribution in [1.82, 2.24) is 19.8 Å². The number of amides is 1. The summed E-state index contributed by atoms with van der Waals surface area (Å²) in [5.41, 5.74) is 6.10. The fourth-order valence-corrected chi connectivity index (χ4v) is 3.37. The van der Waals surface area contributed by atoms with Crippen LogP contribution in [0.2, 0.25) is 0 Å². The predicted octanol–water partition coefficient (Wildman–Crippen LogP) is 4.73. The van der Waals surface area contributed by atoms with Gasteiger partial charge in [-0.3, -0.25) is 4.79 Å². The van der Waals surface area contributed by atoms with E-state index in [0.717, 1.165) is 26.9 Å². The lowest BCUT2D eigenvalue weighted by molar-refractivity contribution is 0.102. The Balaban J connectivity index is 1.74. The topological polar surface area (TPSA) is 72.2 Å². The summed E-state index contributed by atoms with van der Waals surface area (Å²) in [5.74, 6) is -0.311. The highest BCUT2D eigenvalue weighted by Crippen LogP contribution is 2.28. The van der Waals surface area contributed by atoms with E-state index in [1.807, 2.05) is 69.3 Å². The first-order valence-electron chi connectivity index (χ1n) is 8.80. The van der Waals surface area contributed by atoms with Gasteiger partial charge in [-0.2, -0.15) is 5.10 Å². The van der Waals surface area contributed by atoms with Crippen LogP contribution in [0.1, 0.15) is 27.4 Å². The molecule has 0 aliphatic carbocycles. The maximum Gasteiger partial charge on any atom is 0.278 e. The van der Waals surface area contributed by atoms with E-state index in [0.29, 0.717) is 17.0 Å². The molecule has 6 nitrogen and oxygen atoms in total. The minimum Gasteiger partial charge on any atom is -0.321 e. The summed E-state index contributed by atoms with van der Waals surface area (Å²) in [7, 11) is 0. The van der Waals surface area contributed by atoms with Crippen LogP contribution < -0.4 is 5.32 Å². The molecule has 0 saturated heterocycles. The number of nitrogens with one attached hydrogen (secondary N) is 1. The molecule has 0 spiro atoms. The molecular weight excluding hydrogens is 418 g/mol. The second kappa shape index (κ2) is 7.16. The number of aromatic nitrogens is 4. The number of aryl methyl sites for hydroxylation is 3. The number of rotatable bonds is 3. The molecule has 2 aromatic carbocycles. The quantitative estimate of drug-likeness (QED) is 0.504. The van der Waals surface area contributed by atoms with Crippen LogP contribution in [0.3, 0.4) is 0 Å². The van der Waals surface area contributed by atoms with Crippen molar-refractivity contribution in [2.24, 2.45) is 0 Å². The third-order valence-electron chi connectivity index (χ3n) is 4.60. The number of anilines is 1. The highest BCUT2D eigenvalue weighted by atomic mass is 79.9. The average Bonchev–Trinajstić information content (AvgIpc) is 3.01. The molecule has 0 unspecified atom stereocenters. The van der Waals surface area contributed by atoms with Crippen LogP contribution in [-0.4, -0.2) is 25.7 Å². The molecule has 4 aromatic rings.